The molecular formula is C14H17FN4. The molecule has 0 spiro atoms. The number of nitrogens with two attached hydrogens (primary N) is 1. The van der Waals surface area contributed by atoms with E-state index in [4.69, 9.17) is 5.84 Å². The van der Waals surface area contributed by atoms with Crippen LogP contribution in [0.15, 0.2) is 42.7 Å². The Bertz CT molecular complexity index is 539. The highest BCUT2D eigenvalue weighted by Crippen LogP contribution is 2.24. The van der Waals surface area contributed by atoms with E-state index in [-0.39, 0.29) is 11.9 Å². The molecule has 4 nitrogen and oxygen atoms in total. The third kappa shape index (κ3) is 2.89. The molecule has 2 rings (SSSR count). The van der Waals surface area contributed by atoms with Crippen LogP contribution in [0.3, 0.4) is 0 Å². The van der Waals surface area contributed by atoms with Crippen LogP contribution in [0.5, 0.6) is 0 Å². The van der Waals surface area contributed by atoms with E-state index < -0.39 is 0 Å². The van der Waals surface area contributed by atoms with Crippen LogP contribution in [0.2, 0.25) is 0 Å². The number of halogens is 1. The number of anilines is 1. The van der Waals surface area contributed by atoms with Crippen molar-refractivity contribution in [2.24, 2.45) is 5.84 Å². The number of hydrazine groups is 1. The Morgan fingerprint density at radius 2 is 1.89 bits per heavy atom. The molecule has 0 saturated carbocycles. The molecule has 0 aliphatic carbocycles. The molecular weight excluding hydrogens is 243 g/mol. The highest BCUT2D eigenvalue weighted by molar-refractivity contribution is 5.47. The Morgan fingerprint density at radius 1 is 1.21 bits per heavy atom. The van der Waals surface area contributed by atoms with Crippen molar-refractivity contribution in [3.8, 4) is 0 Å². The van der Waals surface area contributed by atoms with Gasteiger partial charge in [-0.3, -0.25) is 10.8 Å². The van der Waals surface area contributed by atoms with Crippen LogP contribution in [-0.2, 0) is 0 Å². The van der Waals surface area contributed by atoms with E-state index >= 15 is 0 Å². The molecule has 0 fully saturated rings. The molecule has 1 unspecified atom stereocenters. The van der Waals surface area contributed by atoms with E-state index in [1.54, 1.807) is 12.3 Å². The molecule has 2 aromatic rings. The summed E-state index contributed by atoms with van der Waals surface area (Å²) in [4.78, 5) is 5.74. The fourth-order valence-electron chi connectivity index (χ4n) is 1.95. The summed E-state index contributed by atoms with van der Waals surface area (Å²) in [7, 11) is 3.94. The van der Waals surface area contributed by atoms with Gasteiger partial charge >= 0.3 is 0 Å². The topological polar surface area (TPSA) is 54.2 Å². The smallest absolute Gasteiger partial charge is 0.146 e. The maximum absolute atomic E-state index is 13.8. The molecule has 3 N–H and O–H groups in total. The first kappa shape index (κ1) is 13.5. The van der Waals surface area contributed by atoms with Crippen molar-refractivity contribution in [1.82, 2.24) is 10.4 Å². The Hall–Kier alpha value is -1.98. The molecule has 1 aromatic carbocycles. The predicted octanol–water partition coefficient (Wildman–Crippen LogP) is 1.84. The SMILES string of the molecule is CN(C)c1ccc(C(NN)c2ccncc2F)cc1. The number of benzene rings is 1. The van der Waals surface area contributed by atoms with Gasteiger partial charge in [-0.15, -0.1) is 0 Å². The quantitative estimate of drug-likeness (QED) is 0.650. The summed E-state index contributed by atoms with van der Waals surface area (Å²) in [6, 6.07) is 9.04. The molecule has 100 valence electrons. The highest BCUT2D eigenvalue weighted by Gasteiger charge is 2.16. The predicted molar refractivity (Wildman–Crippen MR) is 74.1 cm³/mol. The largest absolute Gasteiger partial charge is 0.378 e. The second-order valence-corrected chi connectivity index (χ2v) is 4.48. The monoisotopic (exact) mass is 260 g/mol. The van der Waals surface area contributed by atoms with E-state index in [0.29, 0.717) is 5.56 Å². The van der Waals surface area contributed by atoms with Gasteiger partial charge in [0.1, 0.15) is 5.82 Å². The van der Waals surface area contributed by atoms with Gasteiger partial charge in [-0.25, -0.2) is 9.82 Å². The van der Waals surface area contributed by atoms with Crippen molar-refractivity contribution in [3.05, 3.63) is 59.7 Å². The van der Waals surface area contributed by atoms with E-state index in [0.717, 1.165) is 11.3 Å². The van der Waals surface area contributed by atoms with Crippen molar-refractivity contribution < 1.29 is 4.39 Å². The fourth-order valence-corrected chi connectivity index (χ4v) is 1.95. The second kappa shape index (κ2) is 5.77. The van der Waals surface area contributed by atoms with Crippen LogP contribution in [0.25, 0.3) is 0 Å². The number of pyridine rings is 1. The minimum Gasteiger partial charge on any atom is -0.378 e. The number of hydrogen-bond donors (Lipinski definition) is 2. The molecule has 0 aliphatic rings. The molecule has 19 heavy (non-hydrogen) atoms. The van der Waals surface area contributed by atoms with Gasteiger partial charge in [-0.1, -0.05) is 12.1 Å². The van der Waals surface area contributed by atoms with Crippen LogP contribution < -0.4 is 16.2 Å². The van der Waals surface area contributed by atoms with Crippen LogP contribution in [-0.4, -0.2) is 19.1 Å². The lowest BCUT2D eigenvalue weighted by atomic mass is 9.99. The molecule has 0 aliphatic heterocycles. The van der Waals surface area contributed by atoms with Gasteiger partial charge in [-0.05, 0) is 23.8 Å². The van der Waals surface area contributed by atoms with E-state index in [2.05, 4.69) is 10.4 Å². The molecule has 1 aromatic heterocycles. The van der Waals surface area contributed by atoms with Gasteiger partial charge in [0.2, 0.25) is 0 Å². The first-order valence-electron chi connectivity index (χ1n) is 5.96. The summed E-state index contributed by atoms with van der Waals surface area (Å²) < 4.78 is 13.8. The Morgan fingerprint density at radius 3 is 2.42 bits per heavy atom. The zero-order chi connectivity index (χ0) is 13.8. The van der Waals surface area contributed by atoms with Crippen molar-refractivity contribution in [2.45, 2.75) is 6.04 Å². The molecule has 0 radical (unpaired) electrons. The lowest BCUT2D eigenvalue weighted by Crippen LogP contribution is -2.29. The van der Waals surface area contributed by atoms with Gasteiger partial charge in [0.25, 0.3) is 0 Å². The molecule has 5 heteroatoms. The molecule has 0 amide bonds. The Kier molecular flexibility index (Phi) is 4.09. The Balaban J connectivity index is 2.35. The standard InChI is InChI=1S/C14H17FN4/c1-19(2)11-5-3-10(4-6-11)14(18-16)12-7-8-17-9-13(12)15/h3-9,14,18H,16H2,1-2H3. The summed E-state index contributed by atoms with van der Waals surface area (Å²) in [6.07, 6.45) is 2.74. The Labute approximate surface area is 112 Å². The number of hydrogen-bond acceptors (Lipinski definition) is 4. The minimum atomic E-state index is -0.390. The van der Waals surface area contributed by atoms with Crippen molar-refractivity contribution in [2.75, 3.05) is 19.0 Å². The first-order valence-corrected chi connectivity index (χ1v) is 5.96. The van der Waals surface area contributed by atoms with Crippen LogP contribution in [0, 0.1) is 5.82 Å². The normalized spacial score (nSPS) is 12.2. The lowest BCUT2D eigenvalue weighted by molar-refractivity contribution is 0.555. The van der Waals surface area contributed by atoms with Crippen molar-refractivity contribution >= 4 is 5.69 Å². The first-order chi connectivity index (χ1) is 9.13. The van der Waals surface area contributed by atoms with Gasteiger partial charge < -0.3 is 4.90 Å². The van der Waals surface area contributed by atoms with Gasteiger partial charge in [-0.2, -0.15) is 0 Å². The lowest BCUT2D eigenvalue weighted by Gasteiger charge is -2.19. The summed E-state index contributed by atoms with van der Waals surface area (Å²) in [6.45, 7) is 0. The van der Waals surface area contributed by atoms with Crippen LogP contribution in [0.4, 0.5) is 10.1 Å². The molecule has 1 atom stereocenters. The molecule has 0 saturated heterocycles. The van der Waals surface area contributed by atoms with E-state index in [9.17, 15) is 4.39 Å². The number of aromatic nitrogens is 1. The summed E-state index contributed by atoms with van der Waals surface area (Å²) in [5.74, 6) is 5.18. The average Bonchev–Trinajstić information content (AvgIpc) is 2.42. The summed E-state index contributed by atoms with van der Waals surface area (Å²) in [5.41, 5.74) is 5.10. The second-order valence-electron chi connectivity index (χ2n) is 4.48. The maximum Gasteiger partial charge on any atom is 0.146 e. The number of nitrogens with one attached hydrogen (secondary N) is 1. The summed E-state index contributed by atoms with van der Waals surface area (Å²) >= 11 is 0. The zero-order valence-corrected chi connectivity index (χ0v) is 11.0. The summed E-state index contributed by atoms with van der Waals surface area (Å²) in [5, 5.41) is 0. The van der Waals surface area contributed by atoms with E-state index in [1.165, 1.54) is 6.20 Å². The zero-order valence-electron chi connectivity index (χ0n) is 11.0. The minimum absolute atomic E-state index is 0.373. The van der Waals surface area contributed by atoms with Gasteiger partial charge in [0.15, 0.2) is 0 Å². The van der Waals surface area contributed by atoms with Crippen LogP contribution >= 0.6 is 0 Å². The highest BCUT2D eigenvalue weighted by atomic mass is 19.1. The molecule has 0 bridgehead atoms. The number of rotatable bonds is 4. The third-order valence-electron chi connectivity index (χ3n) is 3.02. The number of nitrogens with zero attached hydrogens (tertiary/aromatic N) is 2. The molecule has 1 heterocycles. The van der Waals surface area contributed by atoms with Gasteiger partial charge in [0, 0.05) is 31.5 Å². The van der Waals surface area contributed by atoms with Crippen molar-refractivity contribution in [1.29, 1.82) is 0 Å². The average molecular weight is 260 g/mol. The van der Waals surface area contributed by atoms with Crippen LogP contribution in [0.1, 0.15) is 17.2 Å². The fraction of sp³-hybridized carbons (Fsp3) is 0.214. The van der Waals surface area contributed by atoms with E-state index in [1.807, 2.05) is 43.3 Å². The van der Waals surface area contributed by atoms with Crippen molar-refractivity contribution in [3.63, 3.8) is 0 Å². The van der Waals surface area contributed by atoms with Gasteiger partial charge in [0.05, 0.1) is 12.2 Å². The maximum atomic E-state index is 13.8. The third-order valence-corrected chi connectivity index (χ3v) is 3.02.